The number of nitrogen functional groups attached to an aromatic ring is 1. The Morgan fingerprint density at radius 3 is 2.60 bits per heavy atom. The maximum Gasteiger partial charge on any atom is 0.266 e. The van der Waals surface area contributed by atoms with E-state index < -0.39 is 0 Å². The van der Waals surface area contributed by atoms with E-state index in [9.17, 15) is 4.79 Å². The molecule has 2 aromatic heterocycles. The summed E-state index contributed by atoms with van der Waals surface area (Å²) in [7, 11) is 2.02. The van der Waals surface area contributed by atoms with Gasteiger partial charge in [-0.1, -0.05) is 0 Å². The van der Waals surface area contributed by atoms with E-state index in [1.54, 1.807) is 18.5 Å². The Balaban J connectivity index is 1.94. The zero-order chi connectivity index (χ0) is 14.4. The van der Waals surface area contributed by atoms with Crippen molar-refractivity contribution in [3.8, 4) is 0 Å². The molecule has 2 aromatic rings. The van der Waals surface area contributed by atoms with Gasteiger partial charge in [0, 0.05) is 31.7 Å². The van der Waals surface area contributed by atoms with Gasteiger partial charge in [0.1, 0.15) is 0 Å². The fourth-order valence-electron chi connectivity index (χ4n) is 1.87. The first-order valence-electron chi connectivity index (χ1n) is 6.22. The Hall–Kier alpha value is -2.31. The fraction of sp³-hybridized carbons (Fsp3) is 0.214. The van der Waals surface area contributed by atoms with Crippen LogP contribution in [0.1, 0.15) is 21.6 Å². The van der Waals surface area contributed by atoms with Crippen LogP contribution in [0.5, 0.6) is 0 Å². The first-order chi connectivity index (χ1) is 9.69. The lowest BCUT2D eigenvalue weighted by Gasteiger charge is -2.16. The lowest BCUT2D eigenvalue weighted by molar-refractivity contribution is 0.0953. The maximum absolute atomic E-state index is 11.3. The number of rotatable bonds is 5. The molecule has 104 valence electrons. The van der Waals surface area contributed by atoms with Crippen molar-refractivity contribution in [3.63, 3.8) is 0 Å². The van der Waals surface area contributed by atoms with Crippen molar-refractivity contribution < 1.29 is 4.79 Å². The van der Waals surface area contributed by atoms with Crippen LogP contribution in [0.2, 0.25) is 0 Å². The normalized spacial score (nSPS) is 10.6. The highest BCUT2D eigenvalue weighted by atomic mass is 16.2. The molecule has 6 nitrogen and oxygen atoms in total. The largest absolute Gasteiger partial charge is 0.296 e. The molecule has 3 N–H and O–H groups in total. The van der Waals surface area contributed by atoms with Gasteiger partial charge in [0.15, 0.2) is 0 Å². The number of hydrazine groups is 1. The molecule has 0 aliphatic heterocycles. The highest BCUT2D eigenvalue weighted by Gasteiger charge is 2.06. The average Bonchev–Trinajstić information content (AvgIpc) is 2.48. The van der Waals surface area contributed by atoms with Crippen LogP contribution in [-0.4, -0.2) is 27.8 Å². The van der Waals surface area contributed by atoms with Crippen molar-refractivity contribution in [3.05, 3.63) is 59.7 Å². The van der Waals surface area contributed by atoms with E-state index in [0.717, 1.165) is 12.2 Å². The molecule has 0 unspecified atom stereocenters. The zero-order valence-electron chi connectivity index (χ0n) is 11.3. The highest BCUT2D eigenvalue weighted by molar-refractivity contribution is 5.93. The Morgan fingerprint density at radius 1 is 1.25 bits per heavy atom. The lowest BCUT2D eigenvalue weighted by Crippen LogP contribution is -2.30. The number of pyridine rings is 2. The van der Waals surface area contributed by atoms with Crippen molar-refractivity contribution in [1.82, 2.24) is 20.3 Å². The number of hydrogen-bond acceptors (Lipinski definition) is 5. The predicted octanol–water partition coefficient (Wildman–Crippen LogP) is 0.712. The molecule has 0 saturated heterocycles. The molecular formula is C14H17N5O. The molecule has 0 aromatic carbocycles. The topological polar surface area (TPSA) is 84.1 Å². The van der Waals surface area contributed by atoms with E-state index in [0.29, 0.717) is 12.1 Å². The van der Waals surface area contributed by atoms with E-state index in [2.05, 4.69) is 20.3 Å². The van der Waals surface area contributed by atoms with Gasteiger partial charge in [-0.25, -0.2) is 5.84 Å². The van der Waals surface area contributed by atoms with Crippen LogP contribution in [0.25, 0.3) is 0 Å². The number of carbonyl (C=O) groups is 1. The number of carbonyl (C=O) groups excluding carboxylic acids is 1. The predicted molar refractivity (Wildman–Crippen MR) is 75.3 cm³/mol. The fourth-order valence-corrected chi connectivity index (χ4v) is 1.87. The SMILES string of the molecule is CN(Cc1ccncc1)Cc1ccc(C(=O)NN)cn1. The highest BCUT2D eigenvalue weighted by Crippen LogP contribution is 2.06. The molecule has 0 bridgehead atoms. The molecule has 20 heavy (non-hydrogen) atoms. The number of hydrogen-bond donors (Lipinski definition) is 2. The Morgan fingerprint density at radius 2 is 2.00 bits per heavy atom. The van der Waals surface area contributed by atoms with E-state index in [-0.39, 0.29) is 5.91 Å². The number of amides is 1. The summed E-state index contributed by atoms with van der Waals surface area (Å²) in [6, 6.07) is 7.51. The van der Waals surface area contributed by atoms with E-state index >= 15 is 0 Å². The third-order valence-corrected chi connectivity index (χ3v) is 2.85. The molecular weight excluding hydrogens is 254 g/mol. The van der Waals surface area contributed by atoms with Crippen molar-refractivity contribution in [2.24, 2.45) is 5.84 Å². The molecule has 6 heteroatoms. The Bertz CT molecular complexity index is 556. The first kappa shape index (κ1) is 14.1. The van der Waals surface area contributed by atoms with Gasteiger partial charge in [-0.3, -0.25) is 25.1 Å². The summed E-state index contributed by atoms with van der Waals surface area (Å²) >= 11 is 0. The minimum atomic E-state index is -0.339. The van der Waals surface area contributed by atoms with Crippen molar-refractivity contribution in [2.45, 2.75) is 13.1 Å². The van der Waals surface area contributed by atoms with Crippen LogP contribution in [0.15, 0.2) is 42.9 Å². The monoisotopic (exact) mass is 271 g/mol. The van der Waals surface area contributed by atoms with Crippen LogP contribution < -0.4 is 11.3 Å². The smallest absolute Gasteiger partial charge is 0.266 e. The van der Waals surface area contributed by atoms with Gasteiger partial charge in [-0.15, -0.1) is 0 Å². The van der Waals surface area contributed by atoms with Crippen molar-refractivity contribution >= 4 is 5.91 Å². The summed E-state index contributed by atoms with van der Waals surface area (Å²) in [4.78, 5) is 21.7. The summed E-state index contributed by atoms with van der Waals surface area (Å²) < 4.78 is 0. The summed E-state index contributed by atoms with van der Waals surface area (Å²) in [5.41, 5.74) is 4.63. The number of nitrogens with zero attached hydrogens (tertiary/aromatic N) is 3. The quantitative estimate of drug-likeness (QED) is 0.475. The molecule has 2 heterocycles. The first-order valence-corrected chi connectivity index (χ1v) is 6.22. The van der Waals surface area contributed by atoms with Gasteiger partial charge in [0.05, 0.1) is 11.3 Å². The van der Waals surface area contributed by atoms with Crippen LogP contribution in [0.3, 0.4) is 0 Å². The van der Waals surface area contributed by atoms with Gasteiger partial charge in [-0.05, 0) is 36.9 Å². The summed E-state index contributed by atoms with van der Waals surface area (Å²) in [5, 5.41) is 0. The van der Waals surface area contributed by atoms with Gasteiger partial charge < -0.3 is 0 Å². The average molecular weight is 271 g/mol. The van der Waals surface area contributed by atoms with Crippen molar-refractivity contribution in [2.75, 3.05) is 7.05 Å². The molecule has 0 aliphatic carbocycles. The number of nitrogens with one attached hydrogen (secondary N) is 1. The molecule has 0 atom stereocenters. The van der Waals surface area contributed by atoms with Gasteiger partial charge in [0.25, 0.3) is 5.91 Å². The van der Waals surface area contributed by atoms with E-state index in [4.69, 9.17) is 5.84 Å². The molecule has 0 saturated carbocycles. The minimum Gasteiger partial charge on any atom is -0.296 e. The van der Waals surface area contributed by atoms with Crippen LogP contribution >= 0.6 is 0 Å². The van der Waals surface area contributed by atoms with Gasteiger partial charge >= 0.3 is 0 Å². The van der Waals surface area contributed by atoms with E-state index in [1.807, 2.05) is 25.2 Å². The Kier molecular flexibility index (Phi) is 4.75. The summed E-state index contributed by atoms with van der Waals surface area (Å²) in [5.74, 6) is 4.73. The second kappa shape index (κ2) is 6.74. The minimum absolute atomic E-state index is 0.339. The molecule has 1 amide bonds. The molecule has 0 spiro atoms. The third-order valence-electron chi connectivity index (χ3n) is 2.85. The molecule has 0 fully saturated rings. The molecule has 2 rings (SSSR count). The lowest BCUT2D eigenvalue weighted by atomic mass is 10.2. The van der Waals surface area contributed by atoms with E-state index in [1.165, 1.54) is 11.8 Å². The van der Waals surface area contributed by atoms with Gasteiger partial charge in [0.2, 0.25) is 0 Å². The van der Waals surface area contributed by atoms with Crippen LogP contribution in [-0.2, 0) is 13.1 Å². The Labute approximate surface area is 117 Å². The zero-order valence-corrected chi connectivity index (χ0v) is 11.3. The molecule has 0 aliphatic rings. The number of nitrogens with two attached hydrogens (primary N) is 1. The summed E-state index contributed by atoms with van der Waals surface area (Å²) in [6.07, 6.45) is 5.08. The second-order valence-electron chi connectivity index (χ2n) is 4.54. The maximum atomic E-state index is 11.3. The standard InChI is InChI=1S/C14H17N5O/c1-19(9-11-4-6-16-7-5-11)10-13-3-2-12(8-17-13)14(20)18-15/h2-8H,9-10,15H2,1H3,(H,18,20). The second-order valence-corrected chi connectivity index (χ2v) is 4.54. The number of aromatic nitrogens is 2. The van der Waals surface area contributed by atoms with Crippen LogP contribution in [0, 0.1) is 0 Å². The summed E-state index contributed by atoms with van der Waals surface area (Å²) in [6.45, 7) is 1.52. The van der Waals surface area contributed by atoms with Gasteiger partial charge in [-0.2, -0.15) is 0 Å². The third kappa shape index (κ3) is 3.84. The molecule has 0 radical (unpaired) electrons. The van der Waals surface area contributed by atoms with Crippen molar-refractivity contribution in [1.29, 1.82) is 0 Å². The van der Waals surface area contributed by atoms with Crippen LogP contribution in [0.4, 0.5) is 0 Å².